The largest absolute Gasteiger partial charge is 0.384 e. The Labute approximate surface area is 104 Å². The molecule has 3 heteroatoms. The van der Waals surface area contributed by atoms with Gasteiger partial charge in [-0.25, -0.2) is 4.98 Å². The Hall–Kier alpha value is -1.25. The predicted molar refractivity (Wildman–Crippen MR) is 73.5 cm³/mol. The molecule has 1 aromatic rings. The first-order valence-corrected chi connectivity index (χ1v) is 6.66. The molecule has 0 spiro atoms. The number of hydrogen-bond donors (Lipinski definition) is 2. The normalized spacial score (nSPS) is 18.0. The molecule has 2 N–H and O–H groups in total. The molecule has 0 saturated heterocycles. The molecule has 0 radical (unpaired) electrons. The van der Waals surface area contributed by atoms with Crippen LogP contribution in [0.1, 0.15) is 39.0 Å². The van der Waals surface area contributed by atoms with Crippen molar-refractivity contribution < 1.29 is 0 Å². The van der Waals surface area contributed by atoms with E-state index in [1.165, 1.54) is 37.8 Å². The van der Waals surface area contributed by atoms with Gasteiger partial charge in [0.2, 0.25) is 0 Å². The molecule has 1 saturated carbocycles. The molecule has 1 heterocycles. The topological polar surface area (TPSA) is 37.0 Å². The first-order chi connectivity index (χ1) is 8.28. The van der Waals surface area contributed by atoms with E-state index in [9.17, 15) is 0 Å². The summed E-state index contributed by atoms with van der Waals surface area (Å²) >= 11 is 0. The van der Waals surface area contributed by atoms with Crippen molar-refractivity contribution in [3.05, 3.63) is 18.3 Å². The van der Waals surface area contributed by atoms with Crippen molar-refractivity contribution in [1.82, 2.24) is 4.98 Å². The minimum atomic E-state index is 0.531. The van der Waals surface area contributed by atoms with Crippen molar-refractivity contribution in [3.8, 4) is 0 Å². The highest BCUT2D eigenvalue weighted by molar-refractivity contribution is 5.51. The number of anilines is 2. The first kappa shape index (κ1) is 12.2. The minimum Gasteiger partial charge on any atom is -0.384 e. The number of nitrogens with zero attached hydrogens (tertiary/aromatic N) is 1. The van der Waals surface area contributed by atoms with Crippen molar-refractivity contribution >= 4 is 11.5 Å². The van der Waals surface area contributed by atoms with E-state index in [4.69, 9.17) is 0 Å². The predicted octanol–water partition coefficient (Wildman–Crippen LogP) is 3.51. The van der Waals surface area contributed by atoms with Gasteiger partial charge in [-0.1, -0.05) is 19.8 Å². The fourth-order valence-corrected chi connectivity index (χ4v) is 2.75. The Morgan fingerprint density at radius 2 is 2.12 bits per heavy atom. The van der Waals surface area contributed by atoms with E-state index < -0.39 is 0 Å². The van der Waals surface area contributed by atoms with E-state index in [0.29, 0.717) is 5.41 Å². The third-order valence-electron chi connectivity index (χ3n) is 4.10. The van der Waals surface area contributed by atoms with Gasteiger partial charge < -0.3 is 10.6 Å². The monoisotopic (exact) mass is 233 g/mol. The summed E-state index contributed by atoms with van der Waals surface area (Å²) in [6.07, 6.45) is 8.67. The van der Waals surface area contributed by atoms with Crippen molar-refractivity contribution in [2.75, 3.05) is 24.2 Å². The molecule has 1 aromatic heterocycles. The van der Waals surface area contributed by atoms with Gasteiger partial charge in [-0.2, -0.15) is 0 Å². The molecule has 0 unspecified atom stereocenters. The molecule has 1 aliphatic rings. The number of rotatable bonds is 5. The molecule has 0 atom stereocenters. The van der Waals surface area contributed by atoms with Crippen LogP contribution in [0.25, 0.3) is 0 Å². The van der Waals surface area contributed by atoms with E-state index in [1.807, 2.05) is 19.3 Å². The molecule has 2 rings (SSSR count). The number of nitrogens with one attached hydrogen (secondary N) is 2. The highest BCUT2D eigenvalue weighted by Crippen LogP contribution is 2.40. The molecule has 0 aromatic carbocycles. The van der Waals surface area contributed by atoms with Crippen LogP contribution < -0.4 is 10.6 Å². The van der Waals surface area contributed by atoms with Crippen LogP contribution in [0.2, 0.25) is 0 Å². The van der Waals surface area contributed by atoms with Gasteiger partial charge in [0, 0.05) is 31.5 Å². The van der Waals surface area contributed by atoms with Crippen LogP contribution in [0.5, 0.6) is 0 Å². The summed E-state index contributed by atoms with van der Waals surface area (Å²) < 4.78 is 0. The maximum Gasteiger partial charge on any atom is 0.127 e. The average molecular weight is 233 g/mol. The van der Waals surface area contributed by atoms with Crippen molar-refractivity contribution in [1.29, 1.82) is 0 Å². The Bertz CT molecular complexity index is 356. The molecular weight excluding hydrogens is 210 g/mol. The number of pyridine rings is 1. The lowest BCUT2D eigenvalue weighted by Gasteiger charge is -2.28. The van der Waals surface area contributed by atoms with Gasteiger partial charge in [-0.15, -0.1) is 0 Å². The van der Waals surface area contributed by atoms with Crippen LogP contribution in [0.4, 0.5) is 11.5 Å². The Morgan fingerprint density at radius 1 is 1.35 bits per heavy atom. The summed E-state index contributed by atoms with van der Waals surface area (Å²) in [5.41, 5.74) is 1.70. The van der Waals surface area contributed by atoms with Gasteiger partial charge in [0.25, 0.3) is 0 Å². The van der Waals surface area contributed by atoms with Gasteiger partial charge in [-0.3, -0.25) is 0 Å². The summed E-state index contributed by atoms with van der Waals surface area (Å²) in [7, 11) is 1.90. The van der Waals surface area contributed by atoms with Gasteiger partial charge >= 0.3 is 0 Å². The zero-order valence-corrected chi connectivity index (χ0v) is 10.9. The molecule has 1 aliphatic carbocycles. The summed E-state index contributed by atoms with van der Waals surface area (Å²) in [4.78, 5) is 4.22. The lowest BCUT2D eigenvalue weighted by Crippen LogP contribution is -2.25. The summed E-state index contributed by atoms with van der Waals surface area (Å²) in [6, 6.07) is 4.11. The highest BCUT2D eigenvalue weighted by Gasteiger charge is 2.31. The first-order valence-electron chi connectivity index (χ1n) is 6.66. The van der Waals surface area contributed by atoms with E-state index >= 15 is 0 Å². The van der Waals surface area contributed by atoms with E-state index in [0.717, 1.165) is 12.4 Å². The van der Waals surface area contributed by atoms with E-state index in [1.54, 1.807) is 0 Å². The molecular formula is C14H23N3. The molecule has 3 nitrogen and oxygen atoms in total. The van der Waals surface area contributed by atoms with Gasteiger partial charge in [-0.05, 0) is 30.7 Å². The lowest BCUT2D eigenvalue weighted by atomic mass is 9.83. The summed E-state index contributed by atoms with van der Waals surface area (Å²) in [6.45, 7) is 3.41. The minimum absolute atomic E-state index is 0.531. The lowest BCUT2D eigenvalue weighted by molar-refractivity contribution is 0.307. The van der Waals surface area contributed by atoms with Gasteiger partial charge in [0.15, 0.2) is 0 Å². The fraction of sp³-hybridized carbons (Fsp3) is 0.643. The van der Waals surface area contributed by atoms with Crippen molar-refractivity contribution in [3.63, 3.8) is 0 Å². The SMILES string of the molecule is CCC1(CNc2ccnc(NC)c2)CCCC1. The van der Waals surface area contributed by atoms with Crippen LogP contribution >= 0.6 is 0 Å². The highest BCUT2D eigenvalue weighted by atomic mass is 15.0. The third kappa shape index (κ3) is 2.90. The smallest absolute Gasteiger partial charge is 0.127 e. The molecule has 1 fully saturated rings. The Kier molecular flexibility index (Phi) is 3.87. The maximum atomic E-state index is 4.22. The molecule has 94 valence electrons. The second-order valence-electron chi connectivity index (χ2n) is 5.09. The molecule has 0 bridgehead atoms. The van der Waals surface area contributed by atoms with Crippen LogP contribution in [-0.2, 0) is 0 Å². The summed E-state index contributed by atoms with van der Waals surface area (Å²) in [5.74, 6) is 0.923. The zero-order chi connectivity index (χ0) is 12.1. The van der Waals surface area contributed by atoms with Crippen molar-refractivity contribution in [2.45, 2.75) is 39.0 Å². The standard InChI is InChI=1S/C14H23N3/c1-3-14(7-4-5-8-14)11-17-12-6-9-16-13(10-12)15-2/h6,9-10H,3-5,7-8,11H2,1-2H3,(H2,15,16,17). The second-order valence-corrected chi connectivity index (χ2v) is 5.09. The maximum absolute atomic E-state index is 4.22. The molecule has 0 amide bonds. The van der Waals surface area contributed by atoms with Gasteiger partial charge in [0.1, 0.15) is 5.82 Å². The Balaban J connectivity index is 1.96. The van der Waals surface area contributed by atoms with E-state index in [2.05, 4.69) is 28.6 Å². The van der Waals surface area contributed by atoms with Crippen molar-refractivity contribution in [2.24, 2.45) is 5.41 Å². The fourth-order valence-electron chi connectivity index (χ4n) is 2.75. The number of hydrogen-bond acceptors (Lipinski definition) is 3. The average Bonchev–Trinajstić information content (AvgIpc) is 2.86. The van der Waals surface area contributed by atoms with Crippen LogP contribution in [0.15, 0.2) is 18.3 Å². The number of aromatic nitrogens is 1. The van der Waals surface area contributed by atoms with Gasteiger partial charge in [0.05, 0.1) is 0 Å². The van der Waals surface area contributed by atoms with Crippen LogP contribution in [0, 0.1) is 5.41 Å². The second kappa shape index (κ2) is 5.39. The quantitative estimate of drug-likeness (QED) is 0.817. The van der Waals surface area contributed by atoms with Crippen LogP contribution in [-0.4, -0.2) is 18.6 Å². The zero-order valence-electron chi connectivity index (χ0n) is 10.9. The third-order valence-corrected chi connectivity index (χ3v) is 4.10. The summed E-state index contributed by atoms with van der Waals surface area (Å²) in [5, 5.41) is 6.64. The Morgan fingerprint density at radius 3 is 2.76 bits per heavy atom. The van der Waals surface area contributed by atoms with Crippen LogP contribution in [0.3, 0.4) is 0 Å². The molecule has 0 aliphatic heterocycles. The molecule has 17 heavy (non-hydrogen) atoms. The van der Waals surface area contributed by atoms with E-state index in [-0.39, 0.29) is 0 Å².